The molecule has 0 unspecified atom stereocenters. The van der Waals surface area contributed by atoms with Crippen molar-refractivity contribution in [1.82, 2.24) is 14.8 Å². The zero-order chi connectivity index (χ0) is 14.0. The second-order valence-corrected chi connectivity index (χ2v) is 5.16. The molecule has 1 amide bonds. The average Bonchev–Trinajstić information content (AvgIpc) is 2.89. The summed E-state index contributed by atoms with van der Waals surface area (Å²) in [5.41, 5.74) is 0.608. The van der Waals surface area contributed by atoms with Crippen molar-refractivity contribution in [1.29, 1.82) is 0 Å². The molecule has 2 heterocycles. The summed E-state index contributed by atoms with van der Waals surface area (Å²) in [7, 11) is 0. The maximum Gasteiger partial charge on any atom is 0.251 e. The fourth-order valence-electron chi connectivity index (χ4n) is 1.60. The number of nitrogens with one attached hydrogen (secondary N) is 1. The lowest BCUT2D eigenvalue weighted by Gasteiger charge is -2.24. The molecule has 2 aromatic heterocycles. The molecule has 0 fully saturated rings. The van der Waals surface area contributed by atoms with Gasteiger partial charge in [-0.3, -0.25) is 14.5 Å². The van der Waals surface area contributed by atoms with E-state index in [2.05, 4.69) is 15.4 Å². The molecule has 0 saturated heterocycles. The SMILES string of the molecule is Cc1c(Cl)cncc1NC(=O)C(C)(C)n1cccn1. The largest absolute Gasteiger partial charge is 0.322 e. The lowest BCUT2D eigenvalue weighted by atomic mass is 10.0. The Morgan fingerprint density at radius 1 is 1.42 bits per heavy atom. The van der Waals surface area contributed by atoms with Crippen LogP contribution in [0.3, 0.4) is 0 Å². The number of anilines is 1. The molecule has 5 nitrogen and oxygen atoms in total. The van der Waals surface area contributed by atoms with Gasteiger partial charge in [-0.25, -0.2) is 0 Å². The van der Waals surface area contributed by atoms with Crippen molar-refractivity contribution >= 4 is 23.2 Å². The second-order valence-electron chi connectivity index (χ2n) is 4.76. The minimum Gasteiger partial charge on any atom is -0.322 e. The van der Waals surface area contributed by atoms with Gasteiger partial charge in [-0.1, -0.05) is 11.6 Å². The first-order valence-electron chi connectivity index (χ1n) is 5.84. The van der Waals surface area contributed by atoms with Gasteiger partial charge in [0.25, 0.3) is 5.91 Å². The van der Waals surface area contributed by atoms with Gasteiger partial charge in [0.2, 0.25) is 0 Å². The van der Waals surface area contributed by atoms with E-state index >= 15 is 0 Å². The fraction of sp³-hybridized carbons (Fsp3) is 0.308. The van der Waals surface area contributed by atoms with E-state index in [1.807, 2.05) is 6.92 Å². The minimum atomic E-state index is -0.793. The molecule has 6 heteroatoms. The molecular weight excluding hydrogens is 264 g/mol. The van der Waals surface area contributed by atoms with Crippen LogP contribution in [-0.4, -0.2) is 20.7 Å². The van der Waals surface area contributed by atoms with E-state index in [-0.39, 0.29) is 5.91 Å². The smallest absolute Gasteiger partial charge is 0.251 e. The number of pyridine rings is 1. The Morgan fingerprint density at radius 3 is 2.79 bits per heavy atom. The van der Waals surface area contributed by atoms with Gasteiger partial charge in [0.15, 0.2) is 0 Å². The predicted octanol–water partition coefficient (Wildman–Crippen LogP) is 2.61. The maximum absolute atomic E-state index is 12.4. The monoisotopic (exact) mass is 278 g/mol. The zero-order valence-corrected chi connectivity index (χ0v) is 11.8. The van der Waals surface area contributed by atoms with Crippen LogP contribution < -0.4 is 5.32 Å². The van der Waals surface area contributed by atoms with E-state index in [0.717, 1.165) is 5.56 Å². The quantitative estimate of drug-likeness (QED) is 0.939. The molecule has 0 aliphatic rings. The first-order chi connectivity index (χ1) is 8.93. The third-order valence-electron chi connectivity index (χ3n) is 3.03. The number of amides is 1. The molecule has 0 bridgehead atoms. The molecular formula is C13H15ClN4O. The number of hydrogen-bond donors (Lipinski definition) is 1. The van der Waals surface area contributed by atoms with Crippen LogP contribution in [0.15, 0.2) is 30.9 Å². The lowest BCUT2D eigenvalue weighted by molar-refractivity contribution is -0.123. The Kier molecular flexibility index (Phi) is 3.57. The normalized spacial score (nSPS) is 11.4. The molecule has 0 radical (unpaired) electrons. The molecule has 2 rings (SSSR count). The molecule has 0 spiro atoms. The summed E-state index contributed by atoms with van der Waals surface area (Å²) in [5.74, 6) is -0.177. The third kappa shape index (κ3) is 2.61. The summed E-state index contributed by atoms with van der Waals surface area (Å²) < 4.78 is 1.61. The van der Waals surface area contributed by atoms with Gasteiger partial charge in [0, 0.05) is 18.6 Å². The van der Waals surface area contributed by atoms with Crippen LogP contribution in [0.4, 0.5) is 5.69 Å². The van der Waals surface area contributed by atoms with E-state index in [1.54, 1.807) is 49.4 Å². The molecule has 0 aliphatic heterocycles. The van der Waals surface area contributed by atoms with Gasteiger partial charge >= 0.3 is 0 Å². The predicted molar refractivity (Wildman–Crippen MR) is 74.2 cm³/mol. The zero-order valence-electron chi connectivity index (χ0n) is 11.0. The van der Waals surface area contributed by atoms with Crippen LogP contribution in [0.5, 0.6) is 0 Å². The Balaban J connectivity index is 2.24. The van der Waals surface area contributed by atoms with E-state index in [0.29, 0.717) is 10.7 Å². The Labute approximate surface area is 116 Å². The topological polar surface area (TPSA) is 59.8 Å². The van der Waals surface area contributed by atoms with Crippen LogP contribution >= 0.6 is 11.6 Å². The Hall–Kier alpha value is -1.88. The summed E-state index contributed by atoms with van der Waals surface area (Å²) in [5, 5.41) is 7.46. The van der Waals surface area contributed by atoms with Crippen molar-refractivity contribution in [3.05, 3.63) is 41.4 Å². The number of halogens is 1. The number of aromatic nitrogens is 3. The van der Waals surface area contributed by atoms with Crippen LogP contribution in [0, 0.1) is 6.92 Å². The summed E-state index contributed by atoms with van der Waals surface area (Å²) >= 11 is 5.98. The summed E-state index contributed by atoms with van der Waals surface area (Å²) in [6.07, 6.45) is 6.52. The van der Waals surface area contributed by atoms with Crippen LogP contribution in [0.1, 0.15) is 19.4 Å². The van der Waals surface area contributed by atoms with Gasteiger partial charge in [-0.05, 0) is 32.4 Å². The van der Waals surface area contributed by atoms with Crippen LogP contribution in [0.2, 0.25) is 5.02 Å². The van der Waals surface area contributed by atoms with Crippen molar-refractivity contribution in [2.75, 3.05) is 5.32 Å². The Morgan fingerprint density at radius 2 is 2.16 bits per heavy atom. The van der Waals surface area contributed by atoms with Crippen molar-refractivity contribution in [2.45, 2.75) is 26.3 Å². The highest BCUT2D eigenvalue weighted by molar-refractivity contribution is 6.31. The van der Waals surface area contributed by atoms with Gasteiger partial charge in [-0.15, -0.1) is 0 Å². The number of hydrogen-bond acceptors (Lipinski definition) is 3. The fourth-order valence-corrected chi connectivity index (χ4v) is 1.76. The van der Waals surface area contributed by atoms with Crippen molar-refractivity contribution in [3.63, 3.8) is 0 Å². The lowest BCUT2D eigenvalue weighted by Crippen LogP contribution is -2.40. The summed E-state index contributed by atoms with van der Waals surface area (Å²) in [6.45, 7) is 5.42. The number of carbonyl (C=O) groups excluding carboxylic acids is 1. The molecule has 19 heavy (non-hydrogen) atoms. The van der Waals surface area contributed by atoms with Gasteiger partial charge in [0.1, 0.15) is 5.54 Å². The van der Waals surface area contributed by atoms with Gasteiger partial charge in [-0.2, -0.15) is 5.10 Å². The molecule has 0 atom stereocenters. The van der Waals surface area contributed by atoms with Crippen molar-refractivity contribution < 1.29 is 4.79 Å². The van der Waals surface area contributed by atoms with Gasteiger partial charge in [0.05, 0.1) is 16.9 Å². The van der Waals surface area contributed by atoms with Crippen LogP contribution in [-0.2, 0) is 10.3 Å². The molecule has 0 saturated carbocycles. The molecule has 0 aromatic carbocycles. The second kappa shape index (κ2) is 5.01. The number of carbonyl (C=O) groups is 1. The van der Waals surface area contributed by atoms with Crippen LogP contribution in [0.25, 0.3) is 0 Å². The average molecular weight is 279 g/mol. The van der Waals surface area contributed by atoms with E-state index in [9.17, 15) is 4.79 Å². The summed E-state index contributed by atoms with van der Waals surface area (Å²) in [6, 6.07) is 1.78. The highest BCUT2D eigenvalue weighted by atomic mass is 35.5. The van der Waals surface area contributed by atoms with Crippen molar-refractivity contribution in [2.24, 2.45) is 0 Å². The standard InChI is InChI=1S/C13H15ClN4O/c1-9-10(14)7-15-8-11(9)17-12(19)13(2,3)18-6-4-5-16-18/h4-8H,1-3H3,(H,17,19). The van der Waals surface area contributed by atoms with E-state index in [4.69, 9.17) is 11.6 Å². The highest BCUT2D eigenvalue weighted by Crippen LogP contribution is 2.23. The first-order valence-corrected chi connectivity index (χ1v) is 6.22. The highest BCUT2D eigenvalue weighted by Gasteiger charge is 2.30. The van der Waals surface area contributed by atoms with Crippen molar-refractivity contribution in [3.8, 4) is 0 Å². The van der Waals surface area contributed by atoms with E-state index < -0.39 is 5.54 Å². The first kappa shape index (κ1) is 13.5. The van der Waals surface area contributed by atoms with Gasteiger partial charge < -0.3 is 5.32 Å². The number of nitrogens with zero attached hydrogens (tertiary/aromatic N) is 3. The van der Waals surface area contributed by atoms with E-state index in [1.165, 1.54) is 0 Å². The minimum absolute atomic E-state index is 0.177. The Bertz CT molecular complexity index is 593. The maximum atomic E-state index is 12.4. The summed E-state index contributed by atoms with van der Waals surface area (Å²) in [4.78, 5) is 16.3. The molecule has 100 valence electrons. The molecule has 2 aromatic rings. The molecule has 0 aliphatic carbocycles. The number of rotatable bonds is 3. The third-order valence-corrected chi connectivity index (χ3v) is 3.42. The molecule has 1 N–H and O–H groups in total.